The Hall–Kier alpha value is -1.08. The van der Waals surface area contributed by atoms with Gasteiger partial charge in [0.05, 0.1) is 0 Å². The second kappa shape index (κ2) is 4.97. The Morgan fingerprint density at radius 2 is 2.14 bits per heavy atom. The van der Waals surface area contributed by atoms with Crippen LogP contribution in [0.1, 0.15) is 16.7 Å². The second-order valence-electron chi connectivity index (χ2n) is 3.76. The summed E-state index contributed by atoms with van der Waals surface area (Å²) in [5.41, 5.74) is 4.09. The van der Waals surface area contributed by atoms with Crippen molar-refractivity contribution in [3.8, 4) is 0 Å². The smallest absolute Gasteiger partial charge is 0.0285 e. The number of hydrogen-bond acceptors (Lipinski definition) is 1. The summed E-state index contributed by atoms with van der Waals surface area (Å²) in [4.78, 5) is 0. The molecule has 0 saturated heterocycles. The number of nitrogens with one attached hydrogen (secondary N) is 1. The Kier molecular flexibility index (Phi) is 3.90. The lowest BCUT2D eigenvalue weighted by Crippen LogP contribution is -2.25. The van der Waals surface area contributed by atoms with Gasteiger partial charge in [-0.3, -0.25) is 0 Å². The molecule has 1 aromatic carbocycles. The van der Waals surface area contributed by atoms with E-state index in [1.54, 1.807) is 0 Å². The van der Waals surface area contributed by atoms with Crippen LogP contribution in [0.4, 0.5) is 0 Å². The Morgan fingerprint density at radius 1 is 1.43 bits per heavy atom. The molecule has 1 nitrogen and oxygen atoms in total. The molecule has 1 aromatic rings. The second-order valence-corrected chi connectivity index (χ2v) is 3.76. The highest BCUT2D eigenvalue weighted by atomic mass is 14.9. The summed E-state index contributed by atoms with van der Waals surface area (Å²) in [5.74, 6) is 0. The number of benzene rings is 1. The molecule has 76 valence electrons. The van der Waals surface area contributed by atoms with Gasteiger partial charge in [-0.25, -0.2) is 0 Å². The minimum atomic E-state index is 0.371. The van der Waals surface area contributed by atoms with E-state index in [2.05, 4.69) is 43.9 Å². The molecule has 1 rings (SSSR count). The van der Waals surface area contributed by atoms with Crippen molar-refractivity contribution < 1.29 is 0 Å². The molecule has 1 heteroatoms. The van der Waals surface area contributed by atoms with Crippen molar-refractivity contribution in [1.82, 2.24) is 5.32 Å². The fourth-order valence-electron chi connectivity index (χ4n) is 1.56. The van der Waals surface area contributed by atoms with Crippen molar-refractivity contribution in [2.24, 2.45) is 0 Å². The maximum atomic E-state index is 3.82. The van der Waals surface area contributed by atoms with Crippen LogP contribution < -0.4 is 5.32 Å². The van der Waals surface area contributed by atoms with Gasteiger partial charge in [0.2, 0.25) is 0 Å². The molecule has 14 heavy (non-hydrogen) atoms. The molecule has 1 atom stereocenters. The first-order chi connectivity index (χ1) is 6.67. The lowest BCUT2D eigenvalue weighted by atomic mass is 9.99. The summed E-state index contributed by atoms with van der Waals surface area (Å²) in [7, 11) is 1.97. The molecular weight excluding hydrogens is 170 g/mol. The molecule has 1 N–H and O–H groups in total. The Morgan fingerprint density at radius 3 is 2.71 bits per heavy atom. The maximum absolute atomic E-state index is 3.82. The van der Waals surface area contributed by atoms with E-state index in [9.17, 15) is 0 Å². The van der Waals surface area contributed by atoms with Gasteiger partial charge in [-0.05, 0) is 38.4 Å². The van der Waals surface area contributed by atoms with Crippen molar-refractivity contribution >= 4 is 0 Å². The first-order valence-corrected chi connectivity index (χ1v) is 5.03. The van der Waals surface area contributed by atoms with Crippen LogP contribution in [0.2, 0.25) is 0 Å². The Balaban J connectivity index is 2.84. The zero-order chi connectivity index (χ0) is 10.6. The summed E-state index contributed by atoms with van der Waals surface area (Å²) >= 11 is 0. The lowest BCUT2D eigenvalue weighted by molar-refractivity contribution is 0.663. The first-order valence-electron chi connectivity index (χ1n) is 5.03. The van der Waals surface area contributed by atoms with Crippen LogP contribution in [0.5, 0.6) is 0 Å². The van der Waals surface area contributed by atoms with Crippen LogP contribution in [0.15, 0.2) is 30.9 Å². The summed E-state index contributed by atoms with van der Waals surface area (Å²) < 4.78 is 0. The van der Waals surface area contributed by atoms with E-state index < -0.39 is 0 Å². The highest BCUT2D eigenvalue weighted by Gasteiger charge is 2.04. The molecule has 0 fully saturated rings. The zero-order valence-corrected chi connectivity index (χ0v) is 9.30. The van der Waals surface area contributed by atoms with E-state index >= 15 is 0 Å². The van der Waals surface area contributed by atoms with Crippen molar-refractivity contribution in [3.05, 3.63) is 47.5 Å². The zero-order valence-electron chi connectivity index (χ0n) is 9.30. The summed E-state index contributed by atoms with van der Waals surface area (Å²) in [6.07, 6.45) is 2.98. The van der Waals surface area contributed by atoms with E-state index in [0.717, 1.165) is 6.42 Å². The van der Waals surface area contributed by atoms with Gasteiger partial charge >= 0.3 is 0 Å². The molecule has 0 aliphatic heterocycles. The maximum Gasteiger partial charge on any atom is 0.0285 e. The van der Waals surface area contributed by atoms with Crippen LogP contribution in [0.25, 0.3) is 0 Å². The summed E-state index contributed by atoms with van der Waals surface area (Å²) in [6, 6.07) is 6.96. The third-order valence-corrected chi connectivity index (χ3v) is 2.60. The third kappa shape index (κ3) is 2.71. The van der Waals surface area contributed by atoms with Gasteiger partial charge < -0.3 is 5.32 Å². The molecule has 0 amide bonds. The molecule has 0 radical (unpaired) electrons. The SMILES string of the molecule is C=CC(Cc1cc(C)ccc1C)NC. The average Bonchev–Trinajstić information content (AvgIpc) is 2.19. The van der Waals surface area contributed by atoms with E-state index in [0.29, 0.717) is 6.04 Å². The van der Waals surface area contributed by atoms with Gasteiger partial charge in [-0.1, -0.05) is 29.8 Å². The van der Waals surface area contributed by atoms with E-state index in [1.807, 2.05) is 13.1 Å². The third-order valence-electron chi connectivity index (χ3n) is 2.60. The summed E-state index contributed by atoms with van der Waals surface area (Å²) in [5, 5.41) is 3.23. The van der Waals surface area contributed by atoms with Gasteiger partial charge in [0.1, 0.15) is 0 Å². The molecular formula is C13H19N. The van der Waals surface area contributed by atoms with Crippen molar-refractivity contribution in [3.63, 3.8) is 0 Å². The molecule has 0 bridgehead atoms. The van der Waals surface area contributed by atoms with Crippen molar-refractivity contribution in [1.29, 1.82) is 0 Å². The normalized spacial score (nSPS) is 12.5. The number of hydrogen-bond donors (Lipinski definition) is 1. The van der Waals surface area contributed by atoms with Crippen LogP contribution >= 0.6 is 0 Å². The van der Waals surface area contributed by atoms with Crippen LogP contribution in [0, 0.1) is 13.8 Å². The minimum Gasteiger partial charge on any atom is -0.313 e. The molecule has 0 saturated carbocycles. The van der Waals surface area contributed by atoms with Gasteiger partial charge in [0.15, 0.2) is 0 Å². The van der Waals surface area contributed by atoms with Crippen molar-refractivity contribution in [2.75, 3.05) is 7.05 Å². The van der Waals surface area contributed by atoms with Crippen LogP contribution in [0.3, 0.4) is 0 Å². The fourth-order valence-corrected chi connectivity index (χ4v) is 1.56. The first kappa shape index (κ1) is 11.0. The quantitative estimate of drug-likeness (QED) is 0.718. The molecule has 0 aliphatic carbocycles. The number of aryl methyl sites for hydroxylation is 2. The van der Waals surface area contributed by atoms with Gasteiger partial charge in [0, 0.05) is 6.04 Å². The molecule has 1 unspecified atom stereocenters. The van der Waals surface area contributed by atoms with Gasteiger partial charge in [-0.2, -0.15) is 0 Å². The molecule has 0 aromatic heterocycles. The standard InChI is InChI=1S/C13H19N/c1-5-13(14-4)9-12-8-10(2)6-7-11(12)3/h5-8,13-14H,1,9H2,2-4H3. The van der Waals surface area contributed by atoms with E-state index in [-0.39, 0.29) is 0 Å². The van der Waals surface area contributed by atoms with Gasteiger partial charge in [-0.15, -0.1) is 6.58 Å². The summed E-state index contributed by atoms with van der Waals surface area (Å²) in [6.45, 7) is 8.11. The monoisotopic (exact) mass is 189 g/mol. The predicted molar refractivity (Wildman–Crippen MR) is 62.7 cm³/mol. The van der Waals surface area contributed by atoms with E-state index in [1.165, 1.54) is 16.7 Å². The van der Waals surface area contributed by atoms with Gasteiger partial charge in [0.25, 0.3) is 0 Å². The fraction of sp³-hybridized carbons (Fsp3) is 0.385. The lowest BCUT2D eigenvalue weighted by Gasteiger charge is -2.13. The van der Waals surface area contributed by atoms with Crippen molar-refractivity contribution in [2.45, 2.75) is 26.3 Å². The largest absolute Gasteiger partial charge is 0.313 e. The Labute approximate surface area is 86.8 Å². The highest BCUT2D eigenvalue weighted by molar-refractivity contribution is 5.31. The molecule has 0 spiro atoms. The molecule has 0 heterocycles. The predicted octanol–water partition coefficient (Wildman–Crippen LogP) is 2.62. The number of likely N-dealkylation sites (N-methyl/N-ethyl adjacent to an activating group) is 1. The minimum absolute atomic E-state index is 0.371. The number of rotatable bonds is 4. The van der Waals surface area contributed by atoms with Crippen LogP contribution in [-0.2, 0) is 6.42 Å². The average molecular weight is 189 g/mol. The highest BCUT2D eigenvalue weighted by Crippen LogP contribution is 2.12. The molecule has 0 aliphatic rings. The van der Waals surface area contributed by atoms with E-state index in [4.69, 9.17) is 0 Å². The topological polar surface area (TPSA) is 12.0 Å². The van der Waals surface area contributed by atoms with Crippen LogP contribution in [-0.4, -0.2) is 13.1 Å². The Bertz CT molecular complexity index is 315.